The number of hydrogen-bond acceptors (Lipinski definition) is 2. The summed E-state index contributed by atoms with van der Waals surface area (Å²) in [5, 5.41) is 0. The summed E-state index contributed by atoms with van der Waals surface area (Å²) in [6.45, 7) is 8.70. The minimum atomic E-state index is -0.442. The topological polar surface area (TPSA) is 6.48 Å². The first-order chi connectivity index (χ1) is 22.1. The molecule has 0 N–H and O–H groups in total. The van der Waals surface area contributed by atoms with Crippen molar-refractivity contribution in [2.75, 3.05) is 9.80 Å². The Morgan fingerprint density at radius 1 is 0.391 bits per heavy atom. The van der Waals surface area contributed by atoms with Crippen molar-refractivity contribution >= 4 is 34.1 Å². The first kappa shape index (κ1) is 28.3. The van der Waals surface area contributed by atoms with E-state index in [0.717, 1.165) is 67.5 Å². The van der Waals surface area contributed by atoms with Gasteiger partial charge in [0.05, 0.1) is 22.7 Å². The smallest absolute Gasteiger partial charge is 0.123 e. The highest BCUT2D eigenvalue weighted by atomic mass is 19.1. The summed E-state index contributed by atoms with van der Waals surface area (Å²) in [5.41, 5.74) is 11.6. The summed E-state index contributed by atoms with van der Waals surface area (Å²) in [4.78, 5) is 4.47. The Balaban J connectivity index is 1.31. The van der Waals surface area contributed by atoms with Crippen molar-refractivity contribution in [2.24, 2.45) is 0 Å². The molecule has 0 unspecified atom stereocenters. The summed E-state index contributed by atoms with van der Waals surface area (Å²) < 4.78 is 29.5. The van der Waals surface area contributed by atoms with E-state index in [1.54, 1.807) is 24.3 Å². The maximum atomic E-state index is 14.8. The molecule has 0 aromatic heterocycles. The van der Waals surface area contributed by atoms with Crippen LogP contribution in [-0.4, -0.2) is 0 Å². The van der Waals surface area contributed by atoms with E-state index < -0.39 is 10.8 Å². The van der Waals surface area contributed by atoms with E-state index >= 15 is 0 Å². The maximum absolute atomic E-state index is 14.8. The van der Waals surface area contributed by atoms with E-state index in [0.29, 0.717) is 0 Å². The molecule has 2 nitrogen and oxygen atoms in total. The first-order valence-electron chi connectivity index (χ1n) is 15.7. The number of anilines is 6. The van der Waals surface area contributed by atoms with Crippen molar-refractivity contribution < 1.29 is 8.78 Å². The lowest BCUT2D eigenvalue weighted by atomic mass is 9.71. The minimum Gasteiger partial charge on any atom is -0.310 e. The molecule has 4 heteroatoms. The minimum absolute atomic E-state index is 0.240. The van der Waals surface area contributed by atoms with Crippen LogP contribution >= 0.6 is 0 Å². The van der Waals surface area contributed by atoms with E-state index in [-0.39, 0.29) is 11.6 Å². The molecule has 0 saturated heterocycles. The Kier molecular flexibility index (Phi) is 6.24. The van der Waals surface area contributed by atoms with Gasteiger partial charge in [0.2, 0.25) is 0 Å². The fourth-order valence-corrected chi connectivity index (χ4v) is 7.49. The normalized spacial score (nSPS) is 15.4. The molecule has 6 aromatic carbocycles. The summed E-state index contributed by atoms with van der Waals surface area (Å²) in [6, 6.07) is 44.0. The third kappa shape index (κ3) is 4.20. The Labute approximate surface area is 269 Å². The van der Waals surface area contributed by atoms with Crippen LogP contribution in [0.4, 0.5) is 42.9 Å². The lowest BCUT2D eigenvalue weighted by molar-refractivity contribution is 0.596. The number of rotatable bonds is 3. The van der Waals surface area contributed by atoms with E-state index in [2.05, 4.69) is 98.2 Å². The van der Waals surface area contributed by atoms with Crippen molar-refractivity contribution in [3.05, 3.63) is 167 Å². The van der Waals surface area contributed by atoms with Crippen molar-refractivity contribution in [2.45, 2.75) is 38.5 Å². The molecule has 0 spiro atoms. The molecular formula is C42H34F2N2. The second kappa shape index (κ2) is 10.1. The molecule has 8 rings (SSSR count). The average Bonchev–Trinajstić information content (AvgIpc) is 3.06. The second-order valence-corrected chi connectivity index (χ2v) is 13.4. The van der Waals surface area contributed by atoms with E-state index in [4.69, 9.17) is 0 Å². The molecule has 0 amide bonds. The number of hydrogen-bond donors (Lipinski definition) is 0. The molecule has 0 fully saturated rings. The lowest BCUT2D eigenvalue weighted by Crippen LogP contribution is -2.31. The zero-order chi connectivity index (χ0) is 31.8. The molecule has 46 heavy (non-hydrogen) atoms. The first-order valence-corrected chi connectivity index (χ1v) is 15.7. The molecule has 6 aromatic rings. The predicted molar refractivity (Wildman–Crippen MR) is 185 cm³/mol. The molecule has 0 bridgehead atoms. The molecule has 0 saturated carbocycles. The average molecular weight is 605 g/mol. The van der Waals surface area contributed by atoms with Crippen LogP contribution in [0, 0.1) is 11.6 Å². The van der Waals surface area contributed by atoms with Crippen molar-refractivity contribution in [3.63, 3.8) is 0 Å². The number of benzene rings is 6. The van der Waals surface area contributed by atoms with Crippen molar-refractivity contribution in [3.8, 4) is 11.1 Å². The van der Waals surface area contributed by atoms with Crippen LogP contribution in [0.15, 0.2) is 133 Å². The molecule has 226 valence electrons. The van der Waals surface area contributed by atoms with Gasteiger partial charge in [0.25, 0.3) is 0 Å². The monoisotopic (exact) mass is 604 g/mol. The van der Waals surface area contributed by atoms with Crippen LogP contribution in [0.3, 0.4) is 0 Å². The fraction of sp³-hybridized carbons (Fsp3) is 0.143. The van der Waals surface area contributed by atoms with E-state index in [1.807, 2.05) is 48.5 Å². The van der Waals surface area contributed by atoms with Gasteiger partial charge in [-0.05, 0) is 118 Å². The Morgan fingerprint density at radius 3 is 1.09 bits per heavy atom. The molecule has 2 heterocycles. The maximum Gasteiger partial charge on any atom is 0.123 e. The summed E-state index contributed by atoms with van der Waals surface area (Å²) in [6.07, 6.45) is 0. The van der Waals surface area contributed by atoms with E-state index in [1.165, 1.54) is 0 Å². The summed E-state index contributed by atoms with van der Waals surface area (Å²) in [5.74, 6) is -0.480. The van der Waals surface area contributed by atoms with Crippen LogP contribution in [0.5, 0.6) is 0 Å². The summed E-state index contributed by atoms with van der Waals surface area (Å²) in [7, 11) is 0. The molecule has 2 aliphatic heterocycles. The lowest BCUT2D eigenvalue weighted by Gasteiger charge is -2.43. The van der Waals surface area contributed by atoms with Gasteiger partial charge >= 0.3 is 0 Å². The van der Waals surface area contributed by atoms with Gasteiger partial charge in [-0.3, -0.25) is 0 Å². The van der Waals surface area contributed by atoms with Crippen LogP contribution in [0.2, 0.25) is 0 Å². The van der Waals surface area contributed by atoms with Gasteiger partial charge in [-0.25, -0.2) is 8.78 Å². The second-order valence-electron chi connectivity index (χ2n) is 13.4. The zero-order valence-corrected chi connectivity index (χ0v) is 26.4. The van der Waals surface area contributed by atoms with E-state index in [9.17, 15) is 8.78 Å². The third-order valence-corrected chi connectivity index (χ3v) is 9.93. The number of para-hydroxylation sites is 2. The Bertz CT molecular complexity index is 1980. The van der Waals surface area contributed by atoms with Gasteiger partial charge in [-0.2, -0.15) is 0 Å². The van der Waals surface area contributed by atoms with Gasteiger partial charge < -0.3 is 9.80 Å². The summed E-state index contributed by atoms with van der Waals surface area (Å²) >= 11 is 0. The number of halogens is 2. The molecule has 0 atom stereocenters. The largest absolute Gasteiger partial charge is 0.310 e. The highest BCUT2D eigenvalue weighted by Crippen LogP contribution is 2.55. The molecule has 0 radical (unpaired) electrons. The van der Waals surface area contributed by atoms with Crippen molar-refractivity contribution in [1.29, 1.82) is 0 Å². The fourth-order valence-electron chi connectivity index (χ4n) is 7.49. The van der Waals surface area contributed by atoms with Crippen molar-refractivity contribution in [1.82, 2.24) is 0 Å². The highest BCUT2D eigenvalue weighted by Gasteiger charge is 2.39. The molecular weight excluding hydrogens is 570 g/mol. The van der Waals surface area contributed by atoms with Crippen LogP contribution in [0.25, 0.3) is 11.1 Å². The third-order valence-electron chi connectivity index (χ3n) is 9.93. The molecule has 0 aliphatic carbocycles. The van der Waals surface area contributed by atoms with Gasteiger partial charge in [-0.1, -0.05) is 76.2 Å². The molecule has 2 aliphatic rings. The predicted octanol–water partition coefficient (Wildman–Crippen LogP) is 11.8. The van der Waals surface area contributed by atoms with Crippen LogP contribution < -0.4 is 9.80 Å². The van der Waals surface area contributed by atoms with Gasteiger partial charge in [-0.15, -0.1) is 0 Å². The van der Waals surface area contributed by atoms with Gasteiger partial charge in [0.1, 0.15) is 11.6 Å². The van der Waals surface area contributed by atoms with Crippen LogP contribution in [-0.2, 0) is 10.8 Å². The van der Waals surface area contributed by atoms with Gasteiger partial charge in [0, 0.05) is 22.2 Å². The van der Waals surface area contributed by atoms with Crippen LogP contribution in [0.1, 0.15) is 49.9 Å². The number of fused-ring (bicyclic) bond motifs is 4. The zero-order valence-electron chi connectivity index (χ0n) is 26.4. The Morgan fingerprint density at radius 2 is 0.717 bits per heavy atom. The van der Waals surface area contributed by atoms with Gasteiger partial charge in [0.15, 0.2) is 0 Å². The Hall–Kier alpha value is -5.22. The SMILES string of the molecule is CC1(C)c2cc(F)ccc2N(c2ccccc2)c2ccc(-c3ccc4c(c3)C(C)(C)c3cc(F)ccc3N4c3ccccc3)cc21. The standard InChI is InChI=1S/C42H34F2N2/c1-41(2)33-23-27(15-19-37(33)45(31-11-7-5-8-12-31)39-21-17-29(43)25-35(39)41)28-16-20-38-34(24-28)42(3,4)36-26-30(44)18-22-40(36)46(38)32-13-9-6-10-14-32/h5-26H,1-4H3. The quantitative estimate of drug-likeness (QED) is 0.198. The highest BCUT2D eigenvalue weighted by molar-refractivity contribution is 5.90. The number of nitrogens with zero attached hydrogens (tertiary/aromatic N) is 2.